The van der Waals surface area contributed by atoms with Crippen LogP contribution in [0.1, 0.15) is 181 Å². The Labute approximate surface area is 306 Å². The van der Waals surface area contributed by atoms with E-state index in [-0.39, 0.29) is 19.6 Å². The standard InChI is InChI=1S/C40H77O9P/c1-3-5-7-9-11-13-15-16-17-18-19-20-21-23-25-27-29-31-33-46-36-39(37-48-50(44,45)47-35-38(42)34-41)49-40(43)32-30-28-26-24-22-14-12-10-8-6-4-2/h10,12,16-17,38-39,41-42H,3-9,11,13-15,18-37H2,1-2H3,(H,44,45)/b12-10-,17-16-. The third-order valence-corrected chi connectivity index (χ3v) is 9.56. The highest BCUT2D eigenvalue weighted by atomic mass is 31.2. The van der Waals surface area contributed by atoms with Crippen LogP contribution in [0.2, 0.25) is 0 Å². The van der Waals surface area contributed by atoms with Gasteiger partial charge >= 0.3 is 13.8 Å². The van der Waals surface area contributed by atoms with Crippen LogP contribution in [0.25, 0.3) is 0 Å². The second kappa shape index (κ2) is 37.7. The average molecular weight is 733 g/mol. The van der Waals surface area contributed by atoms with E-state index in [4.69, 9.17) is 23.6 Å². The minimum absolute atomic E-state index is 0.0458. The highest BCUT2D eigenvalue weighted by Crippen LogP contribution is 2.43. The molecule has 3 unspecified atom stereocenters. The van der Waals surface area contributed by atoms with Gasteiger partial charge in [0.2, 0.25) is 0 Å². The molecule has 0 spiro atoms. The number of esters is 1. The molecule has 50 heavy (non-hydrogen) atoms. The van der Waals surface area contributed by atoms with E-state index in [9.17, 15) is 19.4 Å². The molecule has 0 heterocycles. The summed E-state index contributed by atoms with van der Waals surface area (Å²) >= 11 is 0. The lowest BCUT2D eigenvalue weighted by molar-refractivity contribution is -0.154. The first-order chi connectivity index (χ1) is 24.3. The molecule has 0 aromatic heterocycles. The summed E-state index contributed by atoms with van der Waals surface area (Å²) in [6.07, 6.45) is 37.1. The average Bonchev–Trinajstić information content (AvgIpc) is 3.10. The molecule has 0 aliphatic rings. The second-order valence-corrected chi connectivity index (χ2v) is 15.1. The number of hydrogen-bond acceptors (Lipinski definition) is 8. The summed E-state index contributed by atoms with van der Waals surface area (Å²) in [5.74, 6) is -0.394. The number of phosphoric acid groups is 1. The first-order valence-corrected chi connectivity index (χ1v) is 21.8. The second-order valence-electron chi connectivity index (χ2n) is 13.6. The molecule has 9 nitrogen and oxygen atoms in total. The zero-order valence-electron chi connectivity index (χ0n) is 32.1. The quantitative estimate of drug-likeness (QED) is 0.0244. The number of carbonyl (C=O) groups excluding carboxylic acids is 1. The van der Waals surface area contributed by atoms with Crippen molar-refractivity contribution in [1.29, 1.82) is 0 Å². The van der Waals surface area contributed by atoms with E-state index in [0.717, 1.165) is 64.2 Å². The van der Waals surface area contributed by atoms with Crippen molar-refractivity contribution in [3.63, 3.8) is 0 Å². The van der Waals surface area contributed by atoms with Crippen LogP contribution in [0.15, 0.2) is 24.3 Å². The molecule has 0 fully saturated rings. The van der Waals surface area contributed by atoms with Crippen molar-refractivity contribution in [1.82, 2.24) is 0 Å². The van der Waals surface area contributed by atoms with Gasteiger partial charge in [-0.05, 0) is 57.8 Å². The normalized spacial score (nSPS) is 14.4. The smallest absolute Gasteiger partial charge is 0.457 e. The van der Waals surface area contributed by atoms with Gasteiger partial charge in [-0.15, -0.1) is 0 Å². The Bertz CT molecular complexity index is 836. The number of aliphatic hydroxyl groups excluding tert-OH is 2. The summed E-state index contributed by atoms with van der Waals surface area (Å²) in [7, 11) is -4.51. The number of rotatable bonds is 39. The van der Waals surface area contributed by atoms with Crippen molar-refractivity contribution in [2.24, 2.45) is 0 Å². The Hall–Kier alpha value is -1.06. The number of hydrogen-bond donors (Lipinski definition) is 3. The van der Waals surface area contributed by atoms with Crippen LogP contribution < -0.4 is 0 Å². The molecule has 0 bridgehead atoms. The molecule has 0 rings (SSSR count). The summed E-state index contributed by atoms with van der Waals surface area (Å²) in [5, 5.41) is 18.3. The van der Waals surface area contributed by atoms with Crippen LogP contribution in [0.5, 0.6) is 0 Å². The zero-order valence-corrected chi connectivity index (χ0v) is 33.0. The summed E-state index contributed by atoms with van der Waals surface area (Å²) in [4.78, 5) is 22.5. The summed E-state index contributed by atoms with van der Waals surface area (Å²) < 4.78 is 33.2. The number of unbranched alkanes of at least 4 members (excludes halogenated alkanes) is 21. The van der Waals surface area contributed by atoms with Gasteiger partial charge in [-0.25, -0.2) is 4.57 Å². The van der Waals surface area contributed by atoms with Gasteiger partial charge in [0.1, 0.15) is 12.2 Å². The van der Waals surface area contributed by atoms with Crippen LogP contribution in [-0.2, 0) is 27.9 Å². The molecule has 296 valence electrons. The third-order valence-electron chi connectivity index (χ3n) is 8.61. The van der Waals surface area contributed by atoms with E-state index in [1.807, 2.05) is 0 Å². The van der Waals surface area contributed by atoms with Gasteiger partial charge in [-0.1, -0.05) is 141 Å². The number of carbonyl (C=O) groups is 1. The maximum absolute atomic E-state index is 12.5. The van der Waals surface area contributed by atoms with Crippen LogP contribution in [0, 0.1) is 0 Å². The predicted molar refractivity (Wildman–Crippen MR) is 205 cm³/mol. The van der Waals surface area contributed by atoms with Crippen LogP contribution in [-0.4, -0.2) is 66.3 Å². The van der Waals surface area contributed by atoms with Gasteiger partial charge in [0, 0.05) is 13.0 Å². The maximum Gasteiger partial charge on any atom is 0.472 e. The number of aliphatic hydroxyl groups is 2. The Morgan fingerprint density at radius 3 is 1.56 bits per heavy atom. The molecule has 0 saturated heterocycles. The SMILES string of the molecule is CCCC/C=C\CCCCCCCC(=O)OC(COCCCCCCCCCC/C=C\CCCCCCCC)COP(=O)(O)OCC(O)CO. The highest BCUT2D eigenvalue weighted by molar-refractivity contribution is 7.47. The number of allylic oxidation sites excluding steroid dienone is 4. The monoisotopic (exact) mass is 733 g/mol. The van der Waals surface area contributed by atoms with Crippen molar-refractivity contribution in [2.45, 2.75) is 193 Å². The van der Waals surface area contributed by atoms with Crippen molar-refractivity contribution in [3.05, 3.63) is 24.3 Å². The lowest BCUT2D eigenvalue weighted by Crippen LogP contribution is -2.29. The Morgan fingerprint density at radius 2 is 1.04 bits per heavy atom. The minimum atomic E-state index is -4.51. The summed E-state index contributed by atoms with van der Waals surface area (Å²) in [5.41, 5.74) is 0. The van der Waals surface area contributed by atoms with Gasteiger partial charge in [-0.3, -0.25) is 13.8 Å². The summed E-state index contributed by atoms with van der Waals surface area (Å²) in [6, 6.07) is 0. The Morgan fingerprint density at radius 1 is 0.600 bits per heavy atom. The van der Waals surface area contributed by atoms with E-state index in [0.29, 0.717) is 6.61 Å². The van der Waals surface area contributed by atoms with Crippen molar-refractivity contribution < 1.29 is 43.0 Å². The Balaban J connectivity index is 4.16. The molecule has 0 aliphatic heterocycles. The molecule has 0 amide bonds. The van der Waals surface area contributed by atoms with Crippen molar-refractivity contribution in [2.75, 3.05) is 33.0 Å². The van der Waals surface area contributed by atoms with Gasteiger partial charge in [0.05, 0.1) is 26.4 Å². The van der Waals surface area contributed by atoms with Crippen molar-refractivity contribution >= 4 is 13.8 Å². The molecule has 0 aromatic carbocycles. The fraction of sp³-hybridized carbons (Fsp3) is 0.875. The van der Waals surface area contributed by atoms with Gasteiger partial charge in [0.25, 0.3) is 0 Å². The zero-order chi connectivity index (χ0) is 36.8. The largest absolute Gasteiger partial charge is 0.472 e. The van der Waals surface area contributed by atoms with E-state index in [2.05, 4.69) is 38.2 Å². The van der Waals surface area contributed by atoms with E-state index in [1.165, 1.54) is 96.3 Å². The van der Waals surface area contributed by atoms with Gasteiger partial charge in [0.15, 0.2) is 0 Å². The molecule has 10 heteroatoms. The van der Waals surface area contributed by atoms with Crippen LogP contribution in [0.3, 0.4) is 0 Å². The molecule has 3 N–H and O–H groups in total. The number of ether oxygens (including phenoxy) is 2. The molecule has 0 aromatic rings. The highest BCUT2D eigenvalue weighted by Gasteiger charge is 2.26. The maximum atomic E-state index is 12.5. The summed E-state index contributed by atoms with van der Waals surface area (Å²) in [6.45, 7) is 3.46. The molecular formula is C40H77O9P. The molecule has 0 saturated carbocycles. The topological polar surface area (TPSA) is 132 Å². The Kier molecular flexibility index (Phi) is 36.9. The van der Waals surface area contributed by atoms with E-state index < -0.39 is 39.2 Å². The molecule has 0 radical (unpaired) electrons. The number of phosphoric ester groups is 1. The molecule has 0 aliphatic carbocycles. The van der Waals surface area contributed by atoms with Crippen molar-refractivity contribution in [3.8, 4) is 0 Å². The van der Waals surface area contributed by atoms with Crippen LogP contribution in [0.4, 0.5) is 0 Å². The fourth-order valence-electron chi connectivity index (χ4n) is 5.45. The van der Waals surface area contributed by atoms with Gasteiger partial charge in [-0.2, -0.15) is 0 Å². The van der Waals surface area contributed by atoms with Gasteiger partial charge < -0.3 is 24.6 Å². The molecule has 3 atom stereocenters. The van der Waals surface area contributed by atoms with E-state index >= 15 is 0 Å². The minimum Gasteiger partial charge on any atom is -0.457 e. The van der Waals surface area contributed by atoms with Crippen LogP contribution >= 0.6 is 7.82 Å². The lowest BCUT2D eigenvalue weighted by Gasteiger charge is -2.20. The van der Waals surface area contributed by atoms with E-state index in [1.54, 1.807) is 0 Å². The fourth-order valence-corrected chi connectivity index (χ4v) is 6.24. The lowest BCUT2D eigenvalue weighted by atomic mass is 10.1. The first kappa shape index (κ1) is 48.9. The molecular weight excluding hydrogens is 655 g/mol. The third kappa shape index (κ3) is 36.7. The first-order valence-electron chi connectivity index (χ1n) is 20.3. The predicted octanol–water partition coefficient (Wildman–Crippen LogP) is 10.7.